The zero-order valence-corrected chi connectivity index (χ0v) is 19.5. The summed E-state index contributed by atoms with van der Waals surface area (Å²) in [6.07, 6.45) is 1.29. The second-order valence-electron chi connectivity index (χ2n) is 8.85. The molecule has 0 spiro atoms. The number of nitrogens with zero attached hydrogens (tertiary/aromatic N) is 1. The largest absolute Gasteiger partial charge is 0.351 e. The molecule has 5 rings (SSSR count). The molecule has 2 aliphatic heterocycles. The molecule has 1 saturated carbocycles. The number of imide groups is 1. The number of nitrogens with one attached hydrogen (secondary N) is 2. The molecule has 1 unspecified atom stereocenters. The van der Waals surface area contributed by atoms with Gasteiger partial charge in [0.25, 0.3) is 5.91 Å². The summed E-state index contributed by atoms with van der Waals surface area (Å²) in [5.74, 6) is -2.92. The highest BCUT2D eigenvalue weighted by molar-refractivity contribution is 9.10. The van der Waals surface area contributed by atoms with E-state index in [0.717, 1.165) is 0 Å². The minimum atomic E-state index is -0.962. The lowest BCUT2D eigenvalue weighted by molar-refractivity contribution is -0.137. The van der Waals surface area contributed by atoms with Crippen LogP contribution in [0.15, 0.2) is 34.8 Å². The van der Waals surface area contributed by atoms with E-state index in [-0.39, 0.29) is 48.5 Å². The maximum absolute atomic E-state index is 15.3. The van der Waals surface area contributed by atoms with Gasteiger partial charge in [-0.25, -0.2) is 8.78 Å². The number of amides is 4. The second-order valence-corrected chi connectivity index (χ2v) is 9.77. The van der Waals surface area contributed by atoms with E-state index in [9.17, 15) is 23.6 Å². The van der Waals surface area contributed by atoms with Gasteiger partial charge in [0.15, 0.2) is 0 Å². The molecule has 10 heteroatoms. The fraction of sp³-hybridized carbons (Fsp3) is 0.333. The second kappa shape index (κ2) is 8.26. The van der Waals surface area contributed by atoms with Crippen molar-refractivity contribution in [2.45, 2.75) is 50.2 Å². The van der Waals surface area contributed by atoms with Crippen LogP contribution in [0.25, 0.3) is 0 Å². The van der Waals surface area contributed by atoms with Crippen LogP contribution in [0.1, 0.15) is 52.7 Å². The van der Waals surface area contributed by atoms with Crippen molar-refractivity contribution in [3.8, 4) is 0 Å². The number of benzene rings is 2. The molecule has 2 aromatic carbocycles. The quantitative estimate of drug-likeness (QED) is 0.580. The van der Waals surface area contributed by atoms with Crippen LogP contribution in [0.2, 0.25) is 0 Å². The number of carbonyl (C=O) groups is 4. The fourth-order valence-corrected chi connectivity index (χ4v) is 5.09. The summed E-state index contributed by atoms with van der Waals surface area (Å²) in [6.45, 7) is -0.216. The Morgan fingerprint density at radius 2 is 1.94 bits per heavy atom. The average Bonchev–Trinajstić information content (AvgIpc) is 3.52. The van der Waals surface area contributed by atoms with Gasteiger partial charge in [0.1, 0.15) is 17.7 Å². The fourth-order valence-electron chi connectivity index (χ4n) is 4.76. The molecule has 1 aliphatic carbocycles. The molecule has 2 aromatic rings. The lowest BCUT2D eigenvalue weighted by Crippen LogP contribution is -2.52. The van der Waals surface area contributed by atoms with Gasteiger partial charge in [-0.05, 0) is 37.5 Å². The molecule has 2 fully saturated rings. The molecule has 2 N–H and O–H groups in total. The molecule has 2 heterocycles. The molecule has 1 saturated heterocycles. The van der Waals surface area contributed by atoms with E-state index < -0.39 is 40.8 Å². The van der Waals surface area contributed by atoms with Crippen molar-refractivity contribution < 1.29 is 28.0 Å². The zero-order chi connectivity index (χ0) is 24.2. The van der Waals surface area contributed by atoms with Crippen LogP contribution in [0.5, 0.6) is 0 Å². The molecule has 0 bridgehead atoms. The monoisotopic (exact) mass is 531 g/mol. The first-order valence-corrected chi connectivity index (χ1v) is 11.7. The maximum Gasteiger partial charge on any atom is 0.255 e. The summed E-state index contributed by atoms with van der Waals surface area (Å²) in [5.41, 5.74) is -0.143. The minimum absolute atomic E-state index is 0.0951. The highest BCUT2D eigenvalue weighted by Gasteiger charge is 2.52. The van der Waals surface area contributed by atoms with Gasteiger partial charge < -0.3 is 10.2 Å². The number of piperidine rings is 1. The third-order valence-corrected chi connectivity index (χ3v) is 7.29. The number of hydrogen-bond donors (Lipinski definition) is 2. The van der Waals surface area contributed by atoms with Gasteiger partial charge in [0, 0.05) is 39.7 Å². The van der Waals surface area contributed by atoms with Gasteiger partial charge in [0.2, 0.25) is 17.7 Å². The van der Waals surface area contributed by atoms with E-state index in [1.165, 1.54) is 23.1 Å². The molecule has 34 heavy (non-hydrogen) atoms. The first kappa shape index (κ1) is 22.6. The lowest BCUT2D eigenvalue weighted by Gasteiger charge is -2.29. The summed E-state index contributed by atoms with van der Waals surface area (Å²) in [7, 11) is 0. The smallest absolute Gasteiger partial charge is 0.255 e. The van der Waals surface area contributed by atoms with Crippen LogP contribution < -0.4 is 10.6 Å². The Hall–Kier alpha value is -3.14. The number of hydrogen-bond acceptors (Lipinski definition) is 4. The summed E-state index contributed by atoms with van der Waals surface area (Å²) in [5, 5.41) is 4.92. The van der Waals surface area contributed by atoms with Crippen LogP contribution in [0, 0.1) is 11.6 Å². The van der Waals surface area contributed by atoms with Crippen molar-refractivity contribution in [1.29, 1.82) is 0 Å². The third kappa shape index (κ3) is 3.70. The van der Waals surface area contributed by atoms with E-state index in [2.05, 4.69) is 26.6 Å². The lowest BCUT2D eigenvalue weighted by atomic mass is 9.94. The van der Waals surface area contributed by atoms with Gasteiger partial charge in [-0.15, -0.1) is 0 Å². The van der Waals surface area contributed by atoms with Gasteiger partial charge in [-0.1, -0.05) is 28.1 Å². The number of rotatable bonds is 5. The van der Waals surface area contributed by atoms with E-state index in [1.54, 1.807) is 12.1 Å². The van der Waals surface area contributed by atoms with Crippen molar-refractivity contribution in [2.24, 2.45) is 0 Å². The summed E-state index contributed by atoms with van der Waals surface area (Å²) < 4.78 is 30.3. The Morgan fingerprint density at radius 1 is 1.18 bits per heavy atom. The van der Waals surface area contributed by atoms with E-state index >= 15 is 4.39 Å². The van der Waals surface area contributed by atoms with Gasteiger partial charge in [-0.2, -0.15) is 0 Å². The summed E-state index contributed by atoms with van der Waals surface area (Å²) in [6, 6.07) is 6.65. The predicted octanol–water partition coefficient (Wildman–Crippen LogP) is 2.84. The Labute approximate surface area is 202 Å². The molecule has 7 nitrogen and oxygen atoms in total. The SMILES string of the molecule is O=C1CCC(N2Cc3c(ccc(CNC(=O)C4(c5ccc(Br)cc5F)CC4)c3F)C2=O)C(=O)N1. The van der Waals surface area contributed by atoms with Crippen LogP contribution in [-0.4, -0.2) is 34.6 Å². The van der Waals surface area contributed by atoms with E-state index in [0.29, 0.717) is 22.9 Å². The predicted molar refractivity (Wildman–Crippen MR) is 119 cm³/mol. The van der Waals surface area contributed by atoms with E-state index in [4.69, 9.17) is 0 Å². The highest BCUT2D eigenvalue weighted by atomic mass is 79.9. The highest BCUT2D eigenvalue weighted by Crippen LogP contribution is 2.49. The Kier molecular flexibility index (Phi) is 5.50. The number of halogens is 3. The molecule has 1 atom stereocenters. The van der Waals surface area contributed by atoms with E-state index in [1.807, 2.05) is 0 Å². The first-order valence-electron chi connectivity index (χ1n) is 10.9. The maximum atomic E-state index is 15.3. The van der Waals surface area contributed by atoms with Crippen molar-refractivity contribution >= 4 is 39.6 Å². The molecule has 4 amide bonds. The molecule has 0 aromatic heterocycles. The van der Waals surface area contributed by atoms with Crippen molar-refractivity contribution in [3.63, 3.8) is 0 Å². The molecule has 3 aliphatic rings. The van der Waals surface area contributed by atoms with Gasteiger partial charge in [-0.3, -0.25) is 24.5 Å². The van der Waals surface area contributed by atoms with Crippen LogP contribution in [0.4, 0.5) is 8.78 Å². The van der Waals surface area contributed by atoms with Crippen LogP contribution in [-0.2, 0) is 32.9 Å². The molecule has 176 valence electrons. The van der Waals surface area contributed by atoms with Crippen LogP contribution in [0.3, 0.4) is 0 Å². The Bertz CT molecular complexity index is 1260. The number of fused-ring (bicyclic) bond motifs is 1. The normalized spacial score (nSPS) is 20.7. The van der Waals surface area contributed by atoms with Crippen molar-refractivity contribution in [2.75, 3.05) is 0 Å². The summed E-state index contributed by atoms with van der Waals surface area (Å²) >= 11 is 3.21. The summed E-state index contributed by atoms with van der Waals surface area (Å²) in [4.78, 5) is 50.6. The van der Waals surface area contributed by atoms with Gasteiger partial charge in [0.05, 0.1) is 12.0 Å². The van der Waals surface area contributed by atoms with Crippen molar-refractivity contribution in [1.82, 2.24) is 15.5 Å². The average molecular weight is 532 g/mol. The standard InChI is InChI=1S/C24H20BrF2N3O4/c25-13-2-4-16(17(26)9-13)24(7-8-24)23(34)28-10-12-1-3-14-15(20(12)27)11-30(22(14)33)18-5-6-19(31)29-21(18)32/h1-4,9,18H,5-8,10-11H2,(H,28,34)(H,29,31,32). The van der Waals surface area contributed by atoms with Crippen molar-refractivity contribution in [3.05, 3.63) is 68.7 Å². The molecular formula is C24H20BrF2N3O4. The van der Waals surface area contributed by atoms with Crippen LogP contribution >= 0.6 is 15.9 Å². The first-order chi connectivity index (χ1) is 16.2. The minimum Gasteiger partial charge on any atom is -0.351 e. The topological polar surface area (TPSA) is 95.6 Å². The number of carbonyl (C=O) groups excluding carboxylic acids is 4. The third-order valence-electron chi connectivity index (χ3n) is 6.80. The Balaban J connectivity index is 1.31. The molecular weight excluding hydrogens is 512 g/mol. The Morgan fingerprint density at radius 3 is 2.62 bits per heavy atom. The zero-order valence-electron chi connectivity index (χ0n) is 17.9. The molecule has 0 radical (unpaired) electrons. The van der Waals surface area contributed by atoms with Gasteiger partial charge >= 0.3 is 0 Å².